The molecule has 2 aromatic carbocycles. The molecule has 3 N–H and O–H groups in total. The Morgan fingerprint density at radius 2 is 1.89 bits per heavy atom. The molecule has 1 aliphatic rings. The Bertz CT molecular complexity index is 1570. The van der Waals surface area contributed by atoms with Gasteiger partial charge >= 0.3 is 0 Å². The highest BCUT2D eigenvalue weighted by Gasteiger charge is 2.24. The van der Waals surface area contributed by atoms with E-state index in [1.54, 1.807) is 35.8 Å². The maximum Gasteiger partial charge on any atom is 0.248 e. The fourth-order valence-corrected chi connectivity index (χ4v) is 6.03. The fourth-order valence-electron chi connectivity index (χ4n) is 4.44. The molecule has 0 radical (unpaired) electrons. The van der Waals surface area contributed by atoms with E-state index in [2.05, 4.69) is 15.4 Å². The zero-order valence-corrected chi connectivity index (χ0v) is 21.0. The van der Waals surface area contributed by atoms with Crippen molar-refractivity contribution in [2.24, 2.45) is 11.7 Å². The monoisotopic (exact) mass is 523 g/mol. The van der Waals surface area contributed by atoms with Crippen LogP contribution >= 0.6 is 0 Å². The average molecular weight is 524 g/mol. The van der Waals surface area contributed by atoms with Crippen molar-refractivity contribution >= 4 is 27.1 Å². The first-order chi connectivity index (χ1) is 17.7. The highest BCUT2D eigenvalue weighted by atomic mass is 32.2. The summed E-state index contributed by atoms with van der Waals surface area (Å²) in [5, 5.41) is 8.02. The Balaban J connectivity index is 1.51. The molecule has 192 valence electrons. The minimum atomic E-state index is -2.95. The number of rotatable bonds is 7. The van der Waals surface area contributed by atoms with Gasteiger partial charge in [0.15, 0.2) is 5.65 Å². The van der Waals surface area contributed by atoms with Gasteiger partial charge in [0, 0.05) is 23.7 Å². The minimum Gasteiger partial charge on any atom is -0.438 e. The van der Waals surface area contributed by atoms with Gasteiger partial charge in [0.25, 0.3) is 0 Å². The van der Waals surface area contributed by atoms with Gasteiger partial charge < -0.3 is 15.8 Å². The SMILES string of the molecule is Cc1cc(-c2cnc3c(NCC4CCS(=O)(=O)CC4)cc(Oc4ccc(F)cc4)nn23)ccc1C(N)=O. The summed E-state index contributed by atoms with van der Waals surface area (Å²) >= 11 is 0. The predicted octanol–water partition coefficient (Wildman–Crippen LogP) is 3.97. The lowest BCUT2D eigenvalue weighted by atomic mass is 10.0. The van der Waals surface area contributed by atoms with Gasteiger partial charge in [0.1, 0.15) is 21.4 Å². The van der Waals surface area contributed by atoms with Gasteiger partial charge in [-0.3, -0.25) is 4.79 Å². The number of benzene rings is 2. The summed E-state index contributed by atoms with van der Waals surface area (Å²) in [6, 6.07) is 12.6. The van der Waals surface area contributed by atoms with Crippen LogP contribution in [0.5, 0.6) is 11.6 Å². The lowest BCUT2D eigenvalue weighted by Crippen LogP contribution is -2.27. The number of carbonyl (C=O) groups excluding carboxylic acids is 1. The number of halogens is 1. The van der Waals surface area contributed by atoms with Crippen molar-refractivity contribution < 1.29 is 22.3 Å². The standard InChI is InChI=1S/C26H26FN5O4S/c1-16-12-18(2-7-21(16)25(28)33)23-15-30-26-22(29-14-17-8-10-37(34,35)11-9-17)13-24(31-32(23)26)36-20-5-3-19(27)4-6-20/h2-7,12-13,15,17,29H,8-11,14H2,1H3,(H2,28,33). The van der Waals surface area contributed by atoms with Crippen LogP contribution < -0.4 is 15.8 Å². The summed E-state index contributed by atoms with van der Waals surface area (Å²) in [7, 11) is -2.95. The van der Waals surface area contributed by atoms with Gasteiger partial charge in [-0.05, 0) is 67.6 Å². The second kappa shape index (κ2) is 9.81. The van der Waals surface area contributed by atoms with Crippen LogP contribution in [0, 0.1) is 18.7 Å². The van der Waals surface area contributed by atoms with E-state index in [4.69, 9.17) is 10.5 Å². The van der Waals surface area contributed by atoms with Gasteiger partial charge in [0.2, 0.25) is 11.8 Å². The molecule has 1 aliphatic heterocycles. The van der Waals surface area contributed by atoms with Crippen molar-refractivity contribution in [3.05, 3.63) is 71.7 Å². The molecule has 1 fully saturated rings. The second-order valence-electron chi connectivity index (χ2n) is 9.20. The van der Waals surface area contributed by atoms with Crippen molar-refractivity contribution in [3.8, 4) is 22.9 Å². The van der Waals surface area contributed by atoms with Crippen molar-refractivity contribution in [2.75, 3.05) is 23.4 Å². The molecule has 11 heteroatoms. The minimum absolute atomic E-state index is 0.193. The Morgan fingerprint density at radius 3 is 2.57 bits per heavy atom. The number of carbonyl (C=O) groups is 1. The molecule has 4 aromatic rings. The van der Waals surface area contributed by atoms with E-state index in [0.717, 1.165) is 11.1 Å². The molecule has 0 unspecified atom stereocenters. The molecular weight excluding hydrogens is 497 g/mol. The molecule has 0 saturated carbocycles. The third-order valence-electron chi connectivity index (χ3n) is 6.52. The van der Waals surface area contributed by atoms with Crippen molar-refractivity contribution in [1.29, 1.82) is 0 Å². The second-order valence-corrected chi connectivity index (χ2v) is 11.5. The number of sulfone groups is 1. The van der Waals surface area contributed by atoms with E-state index in [-0.39, 0.29) is 29.1 Å². The van der Waals surface area contributed by atoms with Crippen LogP contribution in [-0.2, 0) is 9.84 Å². The number of nitrogens with one attached hydrogen (secondary N) is 1. The average Bonchev–Trinajstić information content (AvgIpc) is 3.28. The summed E-state index contributed by atoms with van der Waals surface area (Å²) < 4.78 is 44.5. The zero-order chi connectivity index (χ0) is 26.2. The van der Waals surface area contributed by atoms with Gasteiger partial charge in [-0.25, -0.2) is 22.3 Å². The number of ether oxygens (including phenoxy) is 1. The van der Waals surface area contributed by atoms with Crippen LogP contribution in [0.2, 0.25) is 0 Å². The third kappa shape index (κ3) is 5.41. The molecule has 5 rings (SSSR count). The van der Waals surface area contributed by atoms with Crippen molar-refractivity contribution in [3.63, 3.8) is 0 Å². The van der Waals surface area contributed by atoms with Crippen LogP contribution in [0.4, 0.5) is 10.1 Å². The Morgan fingerprint density at radius 1 is 1.16 bits per heavy atom. The number of nitrogens with two attached hydrogens (primary N) is 1. The number of hydrogen-bond donors (Lipinski definition) is 2. The fraction of sp³-hybridized carbons (Fsp3) is 0.269. The lowest BCUT2D eigenvalue weighted by Gasteiger charge is -2.22. The van der Waals surface area contributed by atoms with E-state index in [0.29, 0.717) is 47.7 Å². The van der Waals surface area contributed by atoms with Crippen LogP contribution in [0.3, 0.4) is 0 Å². The van der Waals surface area contributed by atoms with Gasteiger partial charge in [0.05, 0.1) is 29.1 Å². The Hall–Kier alpha value is -3.99. The van der Waals surface area contributed by atoms with Crippen LogP contribution in [0.15, 0.2) is 54.7 Å². The van der Waals surface area contributed by atoms with E-state index in [9.17, 15) is 17.6 Å². The molecule has 37 heavy (non-hydrogen) atoms. The predicted molar refractivity (Wildman–Crippen MR) is 138 cm³/mol. The normalized spacial score (nSPS) is 15.5. The molecule has 0 aliphatic carbocycles. The van der Waals surface area contributed by atoms with E-state index in [1.807, 2.05) is 6.07 Å². The molecule has 0 spiro atoms. The number of aromatic nitrogens is 3. The first-order valence-electron chi connectivity index (χ1n) is 11.9. The highest BCUT2D eigenvalue weighted by molar-refractivity contribution is 7.91. The number of anilines is 1. The number of fused-ring (bicyclic) bond motifs is 1. The van der Waals surface area contributed by atoms with E-state index < -0.39 is 15.7 Å². The quantitative estimate of drug-likeness (QED) is 0.375. The Labute approximate surface area is 213 Å². The number of primary amides is 1. The number of imidazole rings is 1. The van der Waals surface area contributed by atoms with Crippen molar-refractivity contribution in [2.45, 2.75) is 19.8 Å². The molecule has 1 saturated heterocycles. The van der Waals surface area contributed by atoms with Crippen LogP contribution in [0.25, 0.3) is 16.9 Å². The molecule has 2 aromatic heterocycles. The van der Waals surface area contributed by atoms with Gasteiger partial charge in [-0.2, -0.15) is 0 Å². The summed E-state index contributed by atoms with van der Waals surface area (Å²) in [6.45, 7) is 2.38. The maximum atomic E-state index is 13.4. The zero-order valence-electron chi connectivity index (χ0n) is 20.1. The van der Waals surface area contributed by atoms with Crippen molar-refractivity contribution in [1.82, 2.24) is 14.6 Å². The molecule has 1 amide bonds. The molecular formula is C26H26FN5O4S. The van der Waals surface area contributed by atoms with E-state index >= 15 is 0 Å². The summed E-state index contributed by atoms with van der Waals surface area (Å²) in [5.74, 6) is 0.391. The molecule has 0 atom stereocenters. The van der Waals surface area contributed by atoms with Gasteiger partial charge in [-0.1, -0.05) is 6.07 Å². The van der Waals surface area contributed by atoms with E-state index in [1.165, 1.54) is 24.3 Å². The molecule has 9 nitrogen and oxygen atoms in total. The number of hydrogen-bond acceptors (Lipinski definition) is 7. The largest absolute Gasteiger partial charge is 0.438 e. The van der Waals surface area contributed by atoms with Gasteiger partial charge in [-0.15, -0.1) is 5.10 Å². The molecule has 3 heterocycles. The lowest BCUT2D eigenvalue weighted by molar-refractivity contribution is 0.0999. The molecule has 0 bridgehead atoms. The smallest absolute Gasteiger partial charge is 0.248 e. The number of aryl methyl sites for hydroxylation is 1. The number of amides is 1. The first-order valence-corrected chi connectivity index (χ1v) is 13.7. The summed E-state index contributed by atoms with van der Waals surface area (Å²) in [4.78, 5) is 16.2. The topological polar surface area (TPSA) is 129 Å². The number of nitrogens with zero attached hydrogens (tertiary/aromatic N) is 3. The van der Waals surface area contributed by atoms with Crippen LogP contribution in [0.1, 0.15) is 28.8 Å². The maximum absolute atomic E-state index is 13.4. The third-order valence-corrected chi connectivity index (χ3v) is 8.24. The van der Waals surface area contributed by atoms with Crippen LogP contribution in [-0.4, -0.2) is 47.0 Å². The summed E-state index contributed by atoms with van der Waals surface area (Å²) in [5.41, 5.74) is 9.29. The summed E-state index contributed by atoms with van der Waals surface area (Å²) in [6.07, 6.45) is 2.88. The highest BCUT2D eigenvalue weighted by Crippen LogP contribution is 2.30. The first kappa shape index (κ1) is 24.7. The Kier molecular flexibility index (Phi) is 6.55.